The molecule has 26 heavy (non-hydrogen) atoms. The predicted octanol–water partition coefficient (Wildman–Crippen LogP) is 8.08. The number of hydrogen-bond acceptors (Lipinski definition) is 2. The standard InChI is InChI=1S/C24H48O2/c1-5-7-9-13-17-23(18-14-10-8-6-2)20-21-26-24(25)19-15-11-12-16-22(3)4/h22-23H,5-21H2,1-4H3. The summed E-state index contributed by atoms with van der Waals surface area (Å²) in [6, 6.07) is 0. The van der Waals surface area contributed by atoms with Crippen molar-refractivity contribution in [1.29, 1.82) is 0 Å². The molecule has 0 unspecified atom stereocenters. The highest BCUT2D eigenvalue weighted by Gasteiger charge is 2.10. The fourth-order valence-electron chi connectivity index (χ4n) is 3.56. The molecule has 0 aromatic heterocycles. The molecular weight excluding hydrogens is 320 g/mol. The van der Waals surface area contributed by atoms with Gasteiger partial charge in [-0.3, -0.25) is 4.79 Å². The molecule has 0 heterocycles. The predicted molar refractivity (Wildman–Crippen MR) is 115 cm³/mol. The molecule has 0 rings (SSSR count). The van der Waals surface area contributed by atoms with Crippen LogP contribution < -0.4 is 0 Å². The van der Waals surface area contributed by atoms with Crippen LogP contribution in [0, 0.1) is 11.8 Å². The molecule has 0 radical (unpaired) electrons. The van der Waals surface area contributed by atoms with Crippen molar-refractivity contribution < 1.29 is 9.53 Å². The fraction of sp³-hybridized carbons (Fsp3) is 0.958. The number of carbonyl (C=O) groups excluding carboxylic acids is 1. The van der Waals surface area contributed by atoms with Crippen LogP contribution in [0.3, 0.4) is 0 Å². The van der Waals surface area contributed by atoms with Gasteiger partial charge >= 0.3 is 5.97 Å². The molecule has 0 aromatic rings. The first-order chi connectivity index (χ1) is 12.6. The van der Waals surface area contributed by atoms with E-state index in [0.29, 0.717) is 13.0 Å². The highest BCUT2D eigenvalue weighted by atomic mass is 16.5. The molecular formula is C24H48O2. The number of ether oxygens (including phenoxy) is 1. The van der Waals surface area contributed by atoms with E-state index in [-0.39, 0.29) is 5.97 Å². The quantitative estimate of drug-likeness (QED) is 0.170. The molecule has 0 aliphatic carbocycles. The van der Waals surface area contributed by atoms with E-state index in [2.05, 4.69) is 27.7 Å². The van der Waals surface area contributed by atoms with Crippen molar-refractivity contribution in [2.75, 3.05) is 6.61 Å². The molecule has 156 valence electrons. The Hall–Kier alpha value is -0.530. The average molecular weight is 369 g/mol. The van der Waals surface area contributed by atoms with E-state index in [1.54, 1.807) is 0 Å². The van der Waals surface area contributed by atoms with Crippen LogP contribution in [0.4, 0.5) is 0 Å². The maximum Gasteiger partial charge on any atom is 0.305 e. The van der Waals surface area contributed by atoms with Crippen LogP contribution in [0.15, 0.2) is 0 Å². The van der Waals surface area contributed by atoms with Crippen LogP contribution in [0.5, 0.6) is 0 Å². The Morgan fingerprint density at radius 2 is 1.23 bits per heavy atom. The van der Waals surface area contributed by atoms with E-state index in [1.165, 1.54) is 77.0 Å². The molecule has 2 nitrogen and oxygen atoms in total. The average Bonchev–Trinajstić information content (AvgIpc) is 2.61. The van der Waals surface area contributed by atoms with Crippen LogP contribution >= 0.6 is 0 Å². The van der Waals surface area contributed by atoms with Gasteiger partial charge in [-0.1, -0.05) is 111 Å². The summed E-state index contributed by atoms with van der Waals surface area (Å²) >= 11 is 0. The van der Waals surface area contributed by atoms with Crippen LogP contribution in [-0.4, -0.2) is 12.6 Å². The number of carbonyl (C=O) groups is 1. The highest BCUT2D eigenvalue weighted by Crippen LogP contribution is 2.22. The van der Waals surface area contributed by atoms with Gasteiger partial charge in [-0.05, 0) is 24.7 Å². The first-order valence-corrected chi connectivity index (χ1v) is 11.8. The van der Waals surface area contributed by atoms with Gasteiger partial charge in [0.1, 0.15) is 0 Å². The van der Waals surface area contributed by atoms with Gasteiger partial charge in [0.25, 0.3) is 0 Å². The van der Waals surface area contributed by atoms with Crippen molar-refractivity contribution in [2.24, 2.45) is 11.8 Å². The lowest BCUT2D eigenvalue weighted by atomic mass is 9.92. The van der Waals surface area contributed by atoms with E-state index in [4.69, 9.17) is 4.74 Å². The molecule has 0 spiro atoms. The second kappa shape index (κ2) is 19.2. The van der Waals surface area contributed by atoms with Gasteiger partial charge in [-0.15, -0.1) is 0 Å². The Labute approximate surface area is 164 Å². The zero-order valence-electron chi connectivity index (χ0n) is 18.5. The van der Waals surface area contributed by atoms with Crippen LogP contribution in [0.2, 0.25) is 0 Å². The minimum absolute atomic E-state index is 0.0188. The molecule has 0 N–H and O–H groups in total. The van der Waals surface area contributed by atoms with Gasteiger partial charge in [-0.2, -0.15) is 0 Å². The van der Waals surface area contributed by atoms with Crippen molar-refractivity contribution in [3.8, 4) is 0 Å². The normalized spacial score (nSPS) is 11.5. The molecule has 2 heteroatoms. The highest BCUT2D eigenvalue weighted by molar-refractivity contribution is 5.69. The SMILES string of the molecule is CCCCCCC(CCCCCC)CCOC(=O)CCCCCC(C)C. The van der Waals surface area contributed by atoms with Crippen molar-refractivity contribution in [3.05, 3.63) is 0 Å². The third-order valence-electron chi connectivity index (χ3n) is 5.38. The molecule has 0 atom stereocenters. The van der Waals surface area contributed by atoms with Gasteiger partial charge in [-0.25, -0.2) is 0 Å². The molecule has 0 saturated carbocycles. The monoisotopic (exact) mass is 368 g/mol. The minimum atomic E-state index is 0.0188. The van der Waals surface area contributed by atoms with Crippen molar-refractivity contribution >= 4 is 5.97 Å². The molecule has 0 aliphatic rings. The van der Waals surface area contributed by atoms with Gasteiger partial charge < -0.3 is 4.74 Å². The molecule has 0 fully saturated rings. The van der Waals surface area contributed by atoms with Crippen molar-refractivity contribution in [1.82, 2.24) is 0 Å². The zero-order chi connectivity index (χ0) is 19.5. The van der Waals surface area contributed by atoms with E-state index in [1.807, 2.05) is 0 Å². The van der Waals surface area contributed by atoms with Crippen LogP contribution in [0.1, 0.15) is 130 Å². The second-order valence-corrected chi connectivity index (χ2v) is 8.57. The molecule has 0 aliphatic heterocycles. The summed E-state index contributed by atoms with van der Waals surface area (Å²) in [6.45, 7) is 9.69. The van der Waals surface area contributed by atoms with Gasteiger partial charge in [0.05, 0.1) is 6.61 Å². The van der Waals surface area contributed by atoms with Crippen molar-refractivity contribution in [3.63, 3.8) is 0 Å². The van der Waals surface area contributed by atoms with Crippen LogP contribution in [-0.2, 0) is 9.53 Å². The molecule has 0 bridgehead atoms. The summed E-state index contributed by atoms with van der Waals surface area (Å²) in [6.07, 6.45) is 19.7. The van der Waals surface area contributed by atoms with Crippen molar-refractivity contribution in [2.45, 2.75) is 130 Å². The lowest BCUT2D eigenvalue weighted by molar-refractivity contribution is -0.144. The maximum atomic E-state index is 11.9. The Balaban J connectivity index is 3.84. The topological polar surface area (TPSA) is 26.3 Å². The third-order valence-corrected chi connectivity index (χ3v) is 5.38. The van der Waals surface area contributed by atoms with Gasteiger partial charge in [0, 0.05) is 6.42 Å². The summed E-state index contributed by atoms with van der Waals surface area (Å²) in [4.78, 5) is 11.9. The Kier molecular flexibility index (Phi) is 18.8. The summed E-state index contributed by atoms with van der Waals surface area (Å²) < 4.78 is 5.52. The number of esters is 1. The summed E-state index contributed by atoms with van der Waals surface area (Å²) in [5.74, 6) is 1.54. The smallest absolute Gasteiger partial charge is 0.305 e. The first-order valence-electron chi connectivity index (χ1n) is 11.8. The number of unbranched alkanes of at least 4 members (excludes halogenated alkanes) is 8. The van der Waals surface area contributed by atoms with E-state index in [9.17, 15) is 4.79 Å². The minimum Gasteiger partial charge on any atom is -0.466 e. The molecule has 0 saturated heterocycles. The Morgan fingerprint density at radius 1 is 0.692 bits per heavy atom. The van der Waals surface area contributed by atoms with Gasteiger partial charge in [0.15, 0.2) is 0 Å². The summed E-state index contributed by atoms with van der Waals surface area (Å²) in [5.41, 5.74) is 0. The maximum absolute atomic E-state index is 11.9. The van der Waals surface area contributed by atoms with Crippen LogP contribution in [0.25, 0.3) is 0 Å². The van der Waals surface area contributed by atoms with E-state index >= 15 is 0 Å². The molecule has 0 aromatic carbocycles. The van der Waals surface area contributed by atoms with E-state index < -0.39 is 0 Å². The third kappa shape index (κ3) is 18.3. The lowest BCUT2D eigenvalue weighted by Crippen LogP contribution is -2.10. The summed E-state index contributed by atoms with van der Waals surface area (Å²) in [5, 5.41) is 0. The second-order valence-electron chi connectivity index (χ2n) is 8.57. The lowest BCUT2D eigenvalue weighted by Gasteiger charge is -2.17. The van der Waals surface area contributed by atoms with Gasteiger partial charge in [0.2, 0.25) is 0 Å². The Bertz CT molecular complexity index is 287. The molecule has 0 amide bonds. The number of hydrogen-bond donors (Lipinski definition) is 0. The Morgan fingerprint density at radius 3 is 1.77 bits per heavy atom. The first kappa shape index (κ1) is 25.5. The largest absolute Gasteiger partial charge is 0.466 e. The fourth-order valence-corrected chi connectivity index (χ4v) is 3.56. The van der Waals surface area contributed by atoms with E-state index in [0.717, 1.165) is 31.1 Å². The summed E-state index contributed by atoms with van der Waals surface area (Å²) in [7, 11) is 0. The zero-order valence-corrected chi connectivity index (χ0v) is 18.5. The number of rotatable bonds is 19.